The predicted octanol–water partition coefficient (Wildman–Crippen LogP) is 0.293. The third kappa shape index (κ3) is 3.85. The van der Waals surface area contributed by atoms with E-state index in [2.05, 4.69) is 14.8 Å². The molecule has 8 nitrogen and oxygen atoms in total. The SMILES string of the molecule is O=C(O)CCn1cc(S(=O)(=O)NCc2cncs2)cn1. The number of carboxylic acid groups (broad SMARTS) is 1. The molecular weight excluding hydrogens is 304 g/mol. The van der Waals surface area contributed by atoms with Crippen molar-refractivity contribution >= 4 is 27.3 Å². The van der Waals surface area contributed by atoms with Crippen LogP contribution in [0.4, 0.5) is 0 Å². The van der Waals surface area contributed by atoms with E-state index >= 15 is 0 Å². The maximum atomic E-state index is 12.0. The average Bonchev–Trinajstić information content (AvgIpc) is 3.05. The highest BCUT2D eigenvalue weighted by Gasteiger charge is 2.16. The summed E-state index contributed by atoms with van der Waals surface area (Å²) in [6.07, 6.45) is 3.97. The molecule has 0 saturated heterocycles. The lowest BCUT2D eigenvalue weighted by Crippen LogP contribution is -2.22. The molecule has 0 aliphatic rings. The van der Waals surface area contributed by atoms with Crippen LogP contribution in [0.1, 0.15) is 11.3 Å². The fraction of sp³-hybridized carbons (Fsp3) is 0.300. The van der Waals surface area contributed by atoms with Gasteiger partial charge in [-0.2, -0.15) is 5.10 Å². The van der Waals surface area contributed by atoms with Gasteiger partial charge >= 0.3 is 5.97 Å². The van der Waals surface area contributed by atoms with Crippen LogP contribution in [-0.4, -0.2) is 34.3 Å². The fourth-order valence-corrected chi connectivity index (χ4v) is 2.98. The molecule has 0 amide bonds. The maximum Gasteiger partial charge on any atom is 0.305 e. The molecule has 0 unspecified atom stereocenters. The molecule has 108 valence electrons. The molecular formula is C10H12N4O4S2. The van der Waals surface area contributed by atoms with E-state index in [1.807, 2.05) is 0 Å². The summed E-state index contributed by atoms with van der Waals surface area (Å²) in [5.41, 5.74) is 1.62. The fourth-order valence-electron chi connectivity index (χ4n) is 1.39. The van der Waals surface area contributed by atoms with Gasteiger partial charge in [-0.3, -0.25) is 14.5 Å². The van der Waals surface area contributed by atoms with E-state index in [1.54, 1.807) is 11.7 Å². The molecule has 0 spiro atoms. The van der Waals surface area contributed by atoms with E-state index in [-0.39, 0.29) is 24.4 Å². The number of aromatic nitrogens is 3. The van der Waals surface area contributed by atoms with Crippen LogP contribution in [0.15, 0.2) is 29.0 Å². The zero-order valence-electron chi connectivity index (χ0n) is 10.3. The summed E-state index contributed by atoms with van der Waals surface area (Å²) in [5, 5.41) is 12.4. The summed E-state index contributed by atoms with van der Waals surface area (Å²) in [4.78, 5) is 15.1. The quantitative estimate of drug-likeness (QED) is 0.759. The van der Waals surface area contributed by atoms with Gasteiger partial charge in [0.25, 0.3) is 0 Å². The largest absolute Gasteiger partial charge is 0.481 e. The molecule has 0 radical (unpaired) electrons. The van der Waals surface area contributed by atoms with Crippen LogP contribution in [0.2, 0.25) is 0 Å². The molecule has 0 bridgehead atoms. The lowest BCUT2D eigenvalue weighted by Gasteiger charge is -2.02. The Balaban J connectivity index is 2.00. The summed E-state index contributed by atoms with van der Waals surface area (Å²) >= 11 is 1.35. The summed E-state index contributed by atoms with van der Waals surface area (Å²) in [6, 6.07) is 0. The summed E-state index contributed by atoms with van der Waals surface area (Å²) in [5.74, 6) is -0.965. The zero-order chi connectivity index (χ0) is 14.6. The standard InChI is InChI=1S/C10H12N4O4S2/c15-10(16)1-2-14-6-9(5-12-14)20(17,18)13-4-8-3-11-7-19-8/h3,5-7,13H,1-2,4H2,(H,15,16). The number of aliphatic carboxylic acids is 1. The zero-order valence-corrected chi connectivity index (χ0v) is 11.9. The molecule has 2 N–H and O–H groups in total. The summed E-state index contributed by atoms with van der Waals surface area (Å²) < 4.78 is 27.7. The van der Waals surface area contributed by atoms with E-state index < -0.39 is 16.0 Å². The highest BCUT2D eigenvalue weighted by molar-refractivity contribution is 7.89. The molecule has 20 heavy (non-hydrogen) atoms. The summed E-state index contributed by atoms with van der Waals surface area (Å²) in [6.45, 7) is 0.285. The molecule has 2 aromatic heterocycles. The van der Waals surface area contributed by atoms with Crippen LogP contribution in [0.5, 0.6) is 0 Å². The Kier molecular flexibility index (Phi) is 4.47. The third-order valence-electron chi connectivity index (χ3n) is 2.39. The maximum absolute atomic E-state index is 12.0. The molecule has 10 heteroatoms. The van der Waals surface area contributed by atoms with Crippen molar-refractivity contribution in [2.45, 2.75) is 24.4 Å². The molecule has 2 aromatic rings. The van der Waals surface area contributed by atoms with Gasteiger partial charge in [-0.1, -0.05) is 0 Å². The van der Waals surface area contributed by atoms with Gasteiger partial charge in [0.05, 0.1) is 24.7 Å². The molecule has 0 aliphatic carbocycles. The highest BCUT2D eigenvalue weighted by Crippen LogP contribution is 2.10. The van der Waals surface area contributed by atoms with Crippen LogP contribution >= 0.6 is 11.3 Å². The van der Waals surface area contributed by atoms with Crippen LogP contribution < -0.4 is 4.72 Å². The minimum Gasteiger partial charge on any atom is -0.481 e. The second kappa shape index (κ2) is 6.11. The number of rotatable bonds is 7. The predicted molar refractivity (Wildman–Crippen MR) is 70.6 cm³/mol. The van der Waals surface area contributed by atoms with Gasteiger partial charge in [0.15, 0.2) is 0 Å². The Morgan fingerprint density at radius 2 is 2.25 bits per heavy atom. The van der Waals surface area contributed by atoms with Gasteiger partial charge in [-0.15, -0.1) is 11.3 Å². The van der Waals surface area contributed by atoms with Gasteiger partial charge in [0.1, 0.15) is 4.90 Å². The van der Waals surface area contributed by atoms with Crippen molar-refractivity contribution in [2.24, 2.45) is 0 Å². The summed E-state index contributed by atoms with van der Waals surface area (Å²) in [7, 11) is -3.66. The normalized spacial score (nSPS) is 11.6. The molecule has 0 atom stereocenters. The average molecular weight is 316 g/mol. The highest BCUT2D eigenvalue weighted by atomic mass is 32.2. The molecule has 0 aliphatic heterocycles. The number of thiazole rings is 1. The molecule has 2 rings (SSSR count). The van der Waals surface area contributed by atoms with Gasteiger partial charge in [-0.05, 0) is 0 Å². The second-order valence-electron chi connectivity index (χ2n) is 3.88. The van der Waals surface area contributed by atoms with Gasteiger partial charge in [0.2, 0.25) is 10.0 Å². The Labute approximate surface area is 119 Å². The molecule has 0 aromatic carbocycles. The molecule has 2 heterocycles. The van der Waals surface area contributed by atoms with Crippen LogP contribution in [0.3, 0.4) is 0 Å². The number of nitrogens with zero attached hydrogens (tertiary/aromatic N) is 3. The number of hydrogen-bond donors (Lipinski definition) is 2. The van der Waals surface area contributed by atoms with Gasteiger partial charge < -0.3 is 5.11 Å². The van der Waals surface area contributed by atoms with Crippen molar-refractivity contribution in [1.29, 1.82) is 0 Å². The van der Waals surface area contributed by atoms with Crippen molar-refractivity contribution < 1.29 is 18.3 Å². The minimum atomic E-state index is -3.66. The first-order chi connectivity index (χ1) is 9.47. The monoisotopic (exact) mass is 316 g/mol. The van der Waals surface area contributed by atoms with Crippen LogP contribution in [0, 0.1) is 0 Å². The Hall–Kier alpha value is -1.78. The smallest absolute Gasteiger partial charge is 0.305 e. The Bertz CT molecular complexity index is 678. The Morgan fingerprint density at radius 1 is 1.45 bits per heavy atom. The number of nitrogens with one attached hydrogen (secondary N) is 1. The van der Waals surface area contributed by atoms with E-state index in [4.69, 9.17) is 5.11 Å². The molecule has 0 saturated carbocycles. The van der Waals surface area contributed by atoms with E-state index in [0.29, 0.717) is 0 Å². The molecule has 0 fully saturated rings. The minimum absolute atomic E-state index is 0.00686. The van der Waals surface area contributed by atoms with E-state index in [0.717, 1.165) is 4.88 Å². The number of carboxylic acids is 1. The number of carbonyl (C=O) groups is 1. The lowest BCUT2D eigenvalue weighted by atomic mass is 10.4. The van der Waals surface area contributed by atoms with Gasteiger partial charge in [-0.25, -0.2) is 13.1 Å². The van der Waals surface area contributed by atoms with Crippen molar-refractivity contribution in [1.82, 2.24) is 19.5 Å². The first-order valence-electron chi connectivity index (χ1n) is 5.58. The van der Waals surface area contributed by atoms with Crippen LogP contribution in [-0.2, 0) is 27.9 Å². The second-order valence-corrected chi connectivity index (χ2v) is 6.61. The Morgan fingerprint density at radius 3 is 2.90 bits per heavy atom. The van der Waals surface area contributed by atoms with E-state index in [9.17, 15) is 13.2 Å². The third-order valence-corrected chi connectivity index (χ3v) is 4.53. The van der Waals surface area contributed by atoms with Crippen molar-refractivity contribution in [2.75, 3.05) is 0 Å². The number of hydrogen-bond acceptors (Lipinski definition) is 6. The first kappa shape index (κ1) is 14.6. The first-order valence-corrected chi connectivity index (χ1v) is 7.95. The number of aryl methyl sites for hydroxylation is 1. The van der Waals surface area contributed by atoms with E-state index in [1.165, 1.54) is 28.4 Å². The lowest BCUT2D eigenvalue weighted by molar-refractivity contribution is -0.137. The van der Waals surface area contributed by atoms with Gasteiger partial charge in [0, 0.05) is 23.8 Å². The van der Waals surface area contributed by atoms with Crippen molar-refractivity contribution in [3.05, 3.63) is 29.0 Å². The number of sulfonamides is 1. The topological polar surface area (TPSA) is 114 Å². The van der Waals surface area contributed by atoms with Crippen molar-refractivity contribution in [3.63, 3.8) is 0 Å². The van der Waals surface area contributed by atoms with Crippen molar-refractivity contribution in [3.8, 4) is 0 Å². The van der Waals surface area contributed by atoms with Crippen LogP contribution in [0.25, 0.3) is 0 Å².